The normalized spacial score (nSPS) is 4.80. The molecule has 0 aromatic carbocycles. The van der Waals surface area contributed by atoms with Crippen LogP contribution in [0.2, 0.25) is 0 Å². The molecule has 6 nitrogen and oxygen atoms in total. The van der Waals surface area contributed by atoms with Crippen molar-refractivity contribution in [2.45, 2.75) is 0 Å². The molecule has 0 saturated carbocycles. The fourth-order valence-corrected chi connectivity index (χ4v) is 0. The fraction of sp³-hybridized carbons (Fsp3) is 0. The first-order valence-electron chi connectivity index (χ1n) is 1.30. The van der Waals surface area contributed by atoms with Crippen molar-refractivity contribution in [1.29, 1.82) is 0 Å². The van der Waals surface area contributed by atoms with E-state index >= 15 is 0 Å². The summed E-state index contributed by atoms with van der Waals surface area (Å²) in [5.41, 5.74) is 0. The summed E-state index contributed by atoms with van der Waals surface area (Å²) < 4.78 is 0. The predicted molar refractivity (Wildman–Crippen MR) is 29.9 cm³/mol. The molecule has 0 heterocycles. The molecule has 0 spiro atoms. The van der Waals surface area contributed by atoms with Gasteiger partial charge in [0.15, 0.2) is 0 Å². The minimum atomic E-state index is -1.83. The average Bonchev–Trinajstić information content (AvgIpc) is 1.25. The van der Waals surface area contributed by atoms with E-state index < -0.39 is 12.3 Å². The van der Waals surface area contributed by atoms with Crippen molar-refractivity contribution in [2.75, 3.05) is 0 Å². The van der Waals surface area contributed by atoms with Gasteiger partial charge in [0.25, 0.3) is 0 Å². The van der Waals surface area contributed by atoms with Gasteiger partial charge in [-0.25, -0.2) is 9.59 Å². The Hall–Kier alpha value is 0.332. The summed E-state index contributed by atoms with van der Waals surface area (Å²) in [5, 5.41) is 27.9. The van der Waals surface area contributed by atoms with Crippen molar-refractivity contribution >= 4 is 50.0 Å². The van der Waals surface area contributed by atoms with Crippen LogP contribution in [0.3, 0.4) is 0 Å². The topological polar surface area (TPSA) is 115 Å². The van der Waals surface area contributed by atoms with E-state index in [1.165, 1.54) is 0 Å². The largest absolute Gasteiger partial charge is 0 e. The SMILES string of the molecule is O=C(O)O.O=C(O)O.[CaH2].[Cr]. The van der Waals surface area contributed by atoms with Gasteiger partial charge in [-0.3, -0.25) is 0 Å². The average molecular weight is 218 g/mol. The van der Waals surface area contributed by atoms with E-state index in [0.29, 0.717) is 0 Å². The van der Waals surface area contributed by atoms with E-state index in [9.17, 15) is 0 Å². The Morgan fingerprint density at radius 2 is 0.800 bits per heavy atom. The minimum absolute atomic E-state index is 0. The van der Waals surface area contributed by atoms with E-state index in [0.717, 1.165) is 0 Å². The van der Waals surface area contributed by atoms with Gasteiger partial charge >= 0.3 is 50.0 Å². The Morgan fingerprint density at radius 1 is 0.800 bits per heavy atom. The van der Waals surface area contributed by atoms with Gasteiger partial charge < -0.3 is 20.4 Å². The summed E-state index contributed by atoms with van der Waals surface area (Å²) in [5.74, 6) is 0. The number of rotatable bonds is 0. The van der Waals surface area contributed by atoms with Gasteiger partial charge in [0, 0.05) is 17.4 Å². The van der Waals surface area contributed by atoms with Gasteiger partial charge in [-0.2, -0.15) is 0 Å². The standard InChI is InChI=1S/2CH2O3.Ca.Cr.2H/c2*2-1(3)4;;;;/h2*(H2,2,3,4);;;;. The van der Waals surface area contributed by atoms with Crippen LogP contribution < -0.4 is 0 Å². The van der Waals surface area contributed by atoms with Gasteiger partial charge in [0.1, 0.15) is 0 Å². The molecular weight excluding hydrogens is 212 g/mol. The third-order valence-corrected chi connectivity index (χ3v) is 0. The molecule has 0 amide bonds. The fourth-order valence-electron chi connectivity index (χ4n) is 0. The zero-order valence-electron chi connectivity index (χ0n) is 4.01. The van der Waals surface area contributed by atoms with Gasteiger partial charge in [0.2, 0.25) is 0 Å². The Balaban J connectivity index is -0.0000000300. The maximum absolute atomic E-state index is 8.56. The monoisotopic (exact) mass is 218 g/mol. The number of hydrogen-bond donors (Lipinski definition) is 4. The second kappa shape index (κ2) is 16.2. The molecule has 0 radical (unpaired) electrons. The first-order chi connectivity index (χ1) is 3.46. The van der Waals surface area contributed by atoms with E-state index in [1.807, 2.05) is 0 Å². The van der Waals surface area contributed by atoms with Gasteiger partial charge in [-0.05, 0) is 0 Å². The van der Waals surface area contributed by atoms with E-state index in [4.69, 9.17) is 30.0 Å². The van der Waals surface area contributed by atoms with E-state index in [1.54, 1.807) is 0 Å². The van der Waals surface area contributed by atoms with Crippen LogP contribution in [0.4, 0.5) is 9.59 Å². The van der Waals surface area contributed by atoms with Crippen LogP contribution in [0.5, 0.6) is 0 Å². The molecule has 0 saturated heterocycles. The summed E-state index contributed by atoms with van der Waals surface area (Å²) in [6, 6.07) is 0. The molecule has 10 heavy (non-hydrogen) atoms. The smallest absolute Gasteiger partial charge is 0 e. The van der Waals surface area contributed by atoms with Crippen LogP contribution in [-0.2, 0) is 17.4 Å². The first kappa shape index (κ1) is 22.4. The predicted octanol–water partition coefficient (Wildman–Crippen LogP) is -0.474. The molecule has 4 N–H and O–H groups in total. The van der Waals surface area contributed by atoms with Gasteiger partial charge in [-0.15, -0.1) is 0 Å². The van der Waals surface area contributed by atoms with Crippen LogP contribution in [0.15, 0.2) is 0 Å². The summed E-state index contributed by atoms with van der Waals surface area (Å²) >= 11 is 0. The molecule has 0 aliphatic carbocycles. The molecule has 0 aromatic heterocycles. The summed E-state index contributed by atoms with van der Waals surface area (Å²) in [6.45, 7) is 0. The minimum Gasteiger partial charge on any atom is 0 e. The van der Waals surface area contributed by atoms with Crippen molar-refractivity contribution in [3.8, 4) is 0 Å². The number of hydrogen-bond acceptors (Lipinski definition) is 2. The Labute approximate surface area is 96.6 Å². The second-order valence-corrected chi connectivity index (χ2v) is 0.565. The molecule has 0 rings (SSSR count). The van der Waals surface area contributed by atoms with Gasteiger partial charge in [0.05, 0.1) is 0 Å². The molecule has 0 atom stereocenters. The van der Waals surface area contributed by atoms with E-state index in [2.05, 4.69) is 0 Å². The van der Waals surface area contributed by atoms with Crippen molar-refractivity contribution in [3.63, 3.8) is 0 Å². The van der Waals surface area contributed by atoms with Crippen LogP contribution in [0, 0.1) is 0 Å². The molecule has 8 heteroatoms. The zero-order chi connectivity index (χ0) is 7.15. The molecule has 0 fully saturated rings. The van der Waals surface area contributed by atoms with Crippen molar-refractivity contribution in [3.05, 3.63) is 0 Å². The maximum atomic E-state index is 8.56. The molecule has 0 aromatic rings. The summed E-state index contributed by atoms with van der Waals surface area (Å²) in [6.07, 6.45) is -3.67. The molecule has 0 unspecified atom stereocenters. The first-order valence-corrected chi connectivity index (χ1v) is 1.30. The van der Waals surface area contributed by atoms with Crippen LogP contribution in [0.25, 0.3) is 0 Å². The Kier molecular flexibility index (Phi) is 36.3. The van der Waals surface area contributed by atoms with Crippen LogP contribution in [-0.4, -0.2) is 70.5 Å². The van der Waals surface area contributed by atoms with E-state index in [-0.39, 0.29) is 55.1 Å². The maximum Gasteiger partial charge on any atom is 0 e. The summed E-state index contributed by atoms with van der Waals surface area (Å²) in [4.78, 5) is 17.1. The van der Waals surface area contributed by atoms with Crippen molar-refractivity contribution in [2.24, 2.45) is 0 Å². The molecule has 0 aliphatic heterocycles. The Bertz CT molecular complexity index is 73.7. The van der Waals surface area contributed by atoms with Crippen LogP contribution >= 0.6 is 0 Å². The van der Waals surface area contributed by atoms with Gasteiger partial charge in [-0.1, -0.05) is 0 Å². The molecule has 0 aliphatic rings. The molecule has 58 valence electrons. The zero-order valence-corrected chi connectivity index (χ0v) is 5.29. The molecule has 0 bridgehead atoms. The Morgan fingerprint density at radius 3 is 0.800 bits per heavy atom. The third-order valence-electron chi connectivity index (χ3n) is 0. The van der Waals surface area contributed by atoms with Crippen molar-refractivity contribution < 1.29 is 47.4 Å². The second-order valence-electron chi connectivity index (χ2n) is 0.565. The van der Waals surface area contributed by atoms with Crippen LogP contribution in [0.1, 0.15) is 0 Å². The number of carboxylic acid groups (broad SMARTS) is 4. The summed E-state index contributed by atoms with van der Waals surface area (Å²) in [7, 11) is 0. The quantitative estimate of drug-likeness (QED) is 0.408. The molecular formula is C2H6CaCrO6. The van der Waals surface area contributed by atoms with Crippen molar-refractivity contribution in [1.82, 2.24) is 0 Å². The number of carbonyl (C=O) groups is 2. The third kappa shape index (κ3) is 4060.